The minimum atomic E-state index is -1.01. The number of hydrogen-bond donors (Lipinski definition) is 2. The second-order valence-corrected chi connectivity index (χ2v) is 5.23. The molecule has 5 nitrogen and oxygen atoms in total. The largest absolute Gasteiger partial charge is 0.477 e. The molecular formula is C14H21N3O2. The third kappa shape index (κ3) is 3.43. The number of anilines is 1. The Morgan fingerprint density at radius 3 is 2.84 bits per heavy atom. The van der Waals surface area contributed by atoms with Crippen LogP contribution in [0.4, 0.5) is 5.95 Å². The second kappa shape index (κ2) is 5.99. The first kappa shape index (κ1) is 13.8. The van der Waals surface area contributed by atoms with Crippen molar-refractivity contribution in [3.8, 4) is 0 Å². The average Bonchev–Trinajstić information content (AvgIpc) is 2.38. The number of carbonyl (C=O) groups is 1. The van der Waals surface area contributed by atoms with E-state index in [1.807, 2.05) is 0 Å². The molecule has 0 spiro atoms. The van der Waals surface area contributed by atoms with Crippen molar-refractivity contribution in [1.82, 2.24) is 9.97 Å². The molecule has 2 rings (SSSR count). The number of rotatable bonds is 4. The molecule has 1 aliphatic rings. The molecule has 2 N–H and O–H groups in total. The summed E-state index contributed by atoms with van der Waals surface area (Å²) >= 11 is 0. The average molecular weight is 263 g/mol. The first-order chi connectivity index (χ1) is 9.10. The Balaban J connectivity index is 2.15. The van der Waals surface area contributed by atoms with Crippen molar-refractivity contribution in [1.29, 1.82) is 0 Å². The topological polar surface area (TPSA) is 75.1 Å². The Morgan fingerprint density at radius 1 is 1.42 bits per heavy atom. The fraction of sp³-hybridized carbons (Fsp3) is 0.643. The molecule has 104 valence electrons. The fourth-order valence-corrected chi connectivity index (χ4v) is 2.79. The van der Waals surface area contributed by atoms with Crippen LogP contribution in [0.25, 0.3) is 0 Å². The first-order valence-corrected chi connectivity index (χ1v) is 6.95. The summed E-state index contributed by atoms with van der Waals surface area (Å²) in [4.78, 5) is 19.4. The van der Waals surface area contributed by atoms with Crippen LogP contribution >= 0.6 is 0 Å². The van der Waals surface area contributed by atoms with Gasteiger partial charge in [0.15, 0.2) is 5.69 Å². The van der Waals surface area contributed by atoms with E-state index in [0.29, 0.717) is 23.6 Å². The lowest BCUT2D eigenvalue weighted by Crippen LogP contribution is -2.32. The molecule has 1 aliphatic carbocycles. The van der Waals surface area contributed by atoms with E-state index in [2.05, 4.69) is 22.2 Å². The monoisotopic (exact) mass is 263 g/mol. The molecule has 19 heavy (non-hydrogen) atoms. The molecule has 0 aliphatic heterocycles. The van der Waals surface area contributed by atoms with Crippen molar-refractivity contribution in [2.75, 3.05) is 5.32 Å². The Hall–Kier alpha value is -1.65. The quantitative estimate of drug-likeness (QED) is 0.873. The molecular weight excluding hydrogens is 242 g/mol. The molecule has 5 heteroatoms. The van der Waals surface area contributed by atoms with Crippen LogP contribution in [0, 0.1) is 12.8 Å². The van der Waals surface area contributed by atoms with E-state index in [1.54, 1.807) is 6.92 Å². The van der Waals surface area contributed by atoms with Crippen molar-refractivity contribution < 1.29 is 9.90 Å². The van der Waals surface area contributed by atoms with E-state index in [9.17, 15) is 4.79 Å². The number of carboxylic acid groups (broad SMARTS) is 1. The van der Waals surface area contributed by atoms with E-state index in [0.717, 1.165) is 12.8 Å². The lowest BCUT2D eigenvalue weighted by atomic mass is 9.83. The van der Waals surface area contributed by atoms with Crippen LogP contribution in [0.15, 0.2) is 6.07 Å². The highest BCUT2D eigenvalue weighted by Crippen LogP contribution is 2.28. The van der Waals surface area contributed by atoms with Gasteiger partial charge in [0.25, 0.3) is 0 Å². The van der Waals surface area contributed by atoms with Gasteiger partial charge in [0, 0.05) is 11.7 Å². The summed E-state index contributed by atoms with van der Waals surface area (Å²) in [6, 6.07) is 1.85. The van der Waals surface area contributed by atoms with Gasteiger partial charge >= 0.3 is 5.97 Å². The number of nitrogens with one attached hydrogen (secondary N) is 1. The fourth-order valence-electron chi connectivity index (χ4n) is 2.79. The molecule has 0 saturated heterocycles. The number of carboxylic acids is 1. The lowest BCUT2D eigenvalue weighted by molar-refractivity contribution is 0.0690. The minimum absolute atomic E-state index is 0.0545. The predicted octanol–water partition coefficient (Wildman–Crippen LogP) is 2.86. The Labute approximate surface area is 113 Å². The van der Waals surface area contributed by atoms with Crippen molar-refractivity contribution in [3.63, 3.8) is 0 Å². The maximum atomic E-state index is 11.0. The van der Waals surface area contributed by atoms with Crippen LogP contribution in [0.5, 0.6) is 0 Å². The highest BCUT2D eigenvalue weighted by molar-refractivity contribution is 5.85. The smallest absolute Gasteiger partial charge is 0.354 e. The van der Waals surface area contributed by atoms with Gasteiger partial charge in [-0.3, -0.25) is 0 Å². The van der Waals surface area contributed by atoms with Gasteiger partial charge < -0.3 is 10.4 Å². The third-order valence-corrected chi connectivity index (χ3v) is 3.82. The van der Waals surface area contributed by atoms with E-state index in [4.69, 9.17) is 5.11 Å². The lowest BCUT2D eigenvalue weighted by Gasteiger charge is -2.31. The zero-order valence-electron chi connectivity index (χ0n) is 11.5. The van der Waals surface area contributed by atoms with Gasteiger partial charge in [-0.1, -0.05) is 26.2 Å². The summed E-state index contributed by atoms with van der Waals surface area (Å²) in [5.74, 6) is 0.0677. The second-order valence-electron chi connectivity index (χ2n) is 5.23. The number of nitrogens with zero attached hydrogens (tertiary/aromatic N) is 2. The van der Waals surface area contributed by atoms with Crippen LogP contribution < -0.4 is 5.32 Å². The SMILES string of the molecule is CCC1CCCCC1Nc1nc(C)cc(C(=O)O)n1. The first-order valence-electron chi connectivity index (χ1n) is 6.95. The zero-order valence-corrected chi connectivity index (χ0v) is 11.5. The van der Waals surface area contributed by atoms with Crippen LogP contribution in [0.2, 0.25) is 0 Å². The predicted molar refractivity (Wildman–Crippen MR) is 73.4 cm³/mol. The molecule has 1 fully saturated rings. The number of aromatic carboxylic acids is 1. The van der Waals surface area contributed by atoms with Crippen molar-refractivity contribution >= 4 is 11.9 Å². The third-order valence-electron chi connectivity index (χ3n) is 3.82. The summed E-state index contributed by atoms with van der Waals surface area (Å²) in [5, 5.41) is 12.4. The van der Waals surface area contributed by atoms with Crippen LogP contribution in [0.3, 0.4) is 0 Å². The van der Waals surface area contributed by atoms with Crippen LogP contribution in [-0.2, 0) is 0 Å². The Kier molecular flexibility index (Phi) is 4.35. The van der Waals surface area contributed by atoms with Crippen molar-refractivity contribution in [2.45, 2.75) is 52.0 Å². The van der Waals surface area contributed by atoms with Crippen LogP contribution in [0.1, 0.15) is 55.2 Å². The summed E-state index contributed by atoms with van der Waals surface area (Å²) in [6.07, 6.45) is 5.97. The summed E-state index contributed by atoms with van der Waals surface area (Å²) in [5.41, 5.74) is 0.734. The van der Waals surface area contributed by atoms with Gasteiger partial charge in [0.1, 0.15) is 0 Å². The molecule has 0 radical (unpaired) electrons. The van der Waals surface area contributed by atoms with Gasteiger partial charge in [-0.15, -0.1) is 0 Å². The highest BCUT2D eigenvalue weighted by atomic mass is 16.4. The molecule has 0 amide bonds. The molecule has 0 bridgehead atoms. The van der Waals surface area contributed by atoms with Gasteiger partial charge in [0.05, 0.1) is 0 Å². The Bertz CT molecular complexity index is 462. The van der Waals surface area contributed by atoms with Gasteiger partial charge in [-0.2, -0.15) is 0 Å². The molecule has 1 saturated carbocycles. The van der Waals surface area contributed by atoms with Crippen molar-refractivity contribution in [3.05, 3.63) is 17.5 Å². The molecule has 1 heterocycles. The van der Waals surface area contributed by atoms with E-state index >= 15 is 0 Å². The van der Waals surface area contributed by atoms with E-state index in [-0.39, 0.29) is 5.69 Å². The van der Waals surface area contributed by atoms with Gasteiger partial charge in [-0.05, 0) is 31.7 Å². The normalized spacial score (nSPS) is 23.1. The molecule has 1 aromatic rings. The van der Waals surface area contributed by atoms with E-state index < -0.39 is 5.97 Å². The summed E-state index contributed by atoms with van der Waals surface area (Å²) in [7, 11) is 0. The molecule has 2 unspecified atom stereocenters. The zero-order chi connectivity index (χ0) is 13.8. The van der Waals surface area contributed by atoms with Crippen molar-refractivity contribution in [2.24, 2.45) is 5.92 Å². The van der Waals surface area contributed by atoms with Crippen LogP contribution in [-0.4, -0.2) is 27.1 Å². The highest BCUT2D eigenvalue weighted by Gasteiger charge is 2.24. The number of aromatic nitrogens is 2. The standard InChI is InChI=1S/C14H21N3O2/c1-3-10-6-4-5-7-11(10)16-14-15-9(2)8-12(17-14)13(18)19/h8,10-11H,3-7H2,1-2H3,(H,18,19)(H,15,16,17). The number of hydrogen-bond acceptors (Lipinski definition) is 4. The maximum Gasteiger partial charge on any atom is 0.354 e. The maximum absolute atomic E-state index is 11.0. The molecule has 2 atom stereocenters. The summed E-state index contributed by atoms with van der Waals surface area (Å²) in [6.45, 7) is 3.99. The van der Waals surface area contributed by atoms with Gasteiger partial charge in [0.2, 0.25) is 5.95 Å². The molecule has 1 aromatic heterocycles. The van der Waals surface area contributed by atoms with E-state index in [1.165, 1.54) is 25.3 Å². The summed E-state index contributed by atoms with van der Waals surface area (Å²) < 4.78 is 0. The molecule has 0 aromatic carbocycles. The minimum Gasteiger partial charge on any atom is -0.477 e. The Morgan fingerprint density at radius 2 is 2.16 bits per heavy atom. The number of aryl methyl sites for hydroxylation is 1. The van der Waals surface area contributed by atoms with Gasteiger partial charge in [-0.25, -0.2) is 14.8 Å².